The molecule has 2 heterocycles. The third-order valence-electron chi connectivity index (χ3n) is 7.67. The van der Waals surface area contributed by atoms with Crippen molar-refractivity contribution in [1.29, 1.82) is 0 Å². The Labute approximate surface area is 248 Å². The highest BCUT2D eigenvalue weighted by Crippen LogP contribution is 2.37. The molecule has 2 amide bonds. The van der Waals surface area contributed by atoms with Crippen LogP contribution in [0.5, 0.6) is 0 Å². The molecule has 0 aromatic carbocycles. The van der Waals surface area contributed by atoms with Crippen molar-refractivity contribution < 1.29 is 14.3 Å². The summed E-state index contributed by atoms with van der Waals surface area (Å²) in [4.78, 5) is 33.3. The van der Waals surface area contributed by atoms with Gasteiger partial charge in [0.2, 0.25) is 11.9 Å². The van der Waals surface area contributed by atoms with Crippen LogP contribution in [0.25, 0.3) is 11.3 Å². The van der Waals surface area contributed by atoms with Gasteiger partial charge in [-0.1, -0.05) is 24.4 Å². The standard InChI is InChI=1S/C30H46ClN7O3/c1-30(2,3)37-29(40)41-16-8-6-5-7-9-26(39)34-21-12-14-22(15-13-21)35-28-32-19-24(31)27(36-28)23-18-33-38(4)25(23)17-20-10-11-20/h18-22H,5-17H2,1-4H3,(H,34,39)(H,37,40)(H,32,35,36). The molecule has 0 spiro atoms. The van der Waals surface area contributed by atoms with Crippen LogP contribution in [-0.2, 0) is 23.0 Å². The van der Waals surface area contributed by atoms with Crippen molar-refractivity contribution >= 4 is 29.5 Å². The van der Waals surface area contributed by atoms with Gasteiger partial charge < -0.3 is 20.7 Å². The summed E-state index contributed by atoms with van der Waals surface area (Å²) in [6.07, 6.45) is 14.5. The lowest BCUT2D eigenvalue weighted by molar-refractivity contribution is -0.122. The summed E-state index contributed by atoms with van der Waals surface area (Å²) in [6.45, 7) is 6.16. The fourth-order valence-corrected chi connectivity index (χ4v) is 5.43. The number of halogens is 1. The van der Waals surface area contributed by atoms with Gasteiger partial charge >= 0.3 is 6.09 Å². The van der Waals surface area contributed by atoms with E-state index in [1.807, 2.05) is 38.7 Å². The number of aromatic nitrogens is 4. The maximum absolute atomic E-state index is 12.5. The molecule has 0 atom stereocenters. The molecular formula is C30H46ClN7O3. The number of carbonyl (C=O) groups excluding carboxylic acids is 2. The van der Waals surface area contributed by atoms with E-state index in [9.17, 15) is 9.59 Å². The summed E-state index contributed by atoms with van der Waals surface area (Å²) in [7, 11) is 1.97. The minimum Gasteiger partial charge on any atom is -0.450 e. The zero-order valence-corrected chi connectivity index (χ0v) is 25.7. The van der Waals surface area contributed by atoms with Crippen molar-refractivity contribution in [2.24, 2.45) is 13.0 Å². The first kappa shape index (κ1) is 31.1. The molecule has 11 heteroatoms. The third-order valence-corrected chi connectivity index (χ3v) is 7.95. The Hall–Kier alpha value is -2.88. The molecule has 10 nitrogen and oxygen atoms in total. The summed E-state index contributed by atoms with van der Waals surface area (Å²) < 4.78 is 7.12. The van der Waals surface area contributed by atoms with Crippen molar-refractivity contribution in [1.82, 2.24) is 30.4 Å². The molecule has 2 aliphatic rings. The van der Waals surface area contributed by atoms with E-state index in [-0.39, 0.29) is 29.6 Å². The lowest BCUT2D eigenvalue weighted by Crippen LogP contribution is -2.41. The lowest BCUT2D eigenvalue weighted by atomic mass is 9.91. The average molecular weight is 588 g/mol. The summed E-state index contributed by atoms with van der Waals surface area (Å²) in [5.41, 5.74) is 2.59. The molecule has 226 valence electrons. The summed E-state index contributed by atoms with van der Waals surface area (Å²) in [5, 5.41) is 14.5. The monoisotopic (exact) mass is 587 g/mol. The smallest absolute Gasteiger partial charge is 0.407 e. The molecular weight excluding hydrogens is 542 g/mol. The van der Waals surface area contributed by atoms with Crippen molar-refractivity contribution in [3.8, 4) is 11.3 Å². The average Bonchev–Trinajstić information content (AvgIpc) is 3.66. The molecule has 2 saturated carbocycles. The van der Waals surface area contributed by atoms with Crippen molar-refractivity contribution in [2.45, 2.75) is 115 Å². The van der Waals surface area contributed by atoms with Crippen LogP contribution in [-0.4, -0.2) is 56.0 Å². The van der Waals surface area contributed by atoms with Gasteiger partial charge in [0.25, 0.3) is 0 Å². The number of amides is 2. The summed E-state index contributed by atoms with van der Waals surface area (Å²) in [5.74, 6) is 1.43. The molecule has 3 N–H and O–H groups in total. The van der Waals surface area contributed by atoms with Crippen LogP contribution in [0.15, 0.2) is 12.4 Å². The van der Waals surface area contributed by atoms with E-state index in [4.69, 9.17) is 21.3 Å². The van der Waals surface area contributed by atoms with Gasteiger partial charge in [0.15, 0.2) is 0 Å². The predicted molar refractivity (Wildman–Crippen MR) is 161 cm³/mol. The predicted octanol–water partition coefficient (Wildman–Crippen LogP) is 5.80. The number of carbonyl (C=O) groups is 2. The number of nitrogens with one attached hydrogen (secondary N) is 3. The molecule has 2 aromatic rings. The first-order valence-electron chi connectivity index (χ1n) is 15.1. The van der Waals surface area contributed by atoms with E-state index in [2.05, 4.69) is 26.0 Å². The van der Waals surface area contributed by atoms with Crippen LogP contribution in [0, 0.1) is 5.92 Å². The van der Waals surface area contributed by atoms with E-state index in [0.717, 1.165) is 75.0 Å². The fourth-order valence-electron chi connectivity index (χ4n) is 5.24. The number of rotatable bonds is 13. The second-order valence-electron chi connectivity index (χ2n) is 12.6. The lowest BCUT2D eigenvalue weighted by Gasteiger charge is -2.29. The molecule has 0 bridgehead atoms. The Kier molecular flexibility index (Phi) is 10.9. The quantitative estimate of drug-likeness (QED) is 0.253. The number of unbranched alkanes of at least 4 members (excludes halogenated alkanes) is 3. The normalized spacial score (nSPS) is 19.0. The molecule has 41 heavy (non-hydrogen) atoms. The number of nitrogens with zero attached hydrogens (tertiary/aromatic N) is 4. The minimum atomic E-state index is -0.380. The van der Waals surface area contributed by atoms with E-state index in [0.29, 0.717) is 24.0 Å². The van der Waals surface area contributed by atoms with Gasteiger partial charge in [-0.3, -0.25) is 9.48 Å². The zero-order chi connectivity index (χ0) is 29.4. The Balaban J connectivity index is 1.13. The van der Waals surface area contributed by atoms with E-state index in [1.54, 1.807) is 6.20 Å². The number of ether oxygens (including phenoxy) is 1. The van der Waals surface area contributed by atoms with Crippen LogP contribution >= 0.6 is 11.6 Å². The van der Waals surface area contributed by atoms with Crippen LogP contribution in [0.2, 0.25) is 5.02 Å². The summed E-state index contributed by atoms with van der Waals surface area (Å²) in [6, 6.07) is 0.460. The highest BCUT2D eigenvalue weighted by atomic mass is 35.5. The number of anilines is 1. The number of hydrogen-bond acceptors (Lipinski definition) is 7. The van der Waals surface area contributed by atoms with Crippen molar-refractivity contribution in [3.63, 3.8) is 0 Å². The second kappa shape index (κ2) is 14.3. The third kappa shape index (κ3) is 10.2. The summed E-state index contributed by atoms with van der Waals surface area (Å²) >= 11 is 6.52. The molecule has 4 rings (SSSR count). The minimum absolute atomic E-state index is 0.117. The van der Waals surface area contributed by atoms with Gasteiger partial charge in [0.05, 0.1) is 29.7 Å². The van der Waals surface area contributed by atoms with Crippen LogP contribution in [0.1, 0.15) is 97.1 Å². The Morgan fingerprint density at radius 3 is 2.44 bits per heavy atom. The SMILES string of the molecule is Cn1ncc(-c2nc(NC3CCC(NC(=O)CCCCCCOC(=O)NC(C)(C)C)CC3)ncc2Cl)c1CC1CC1. The maximum Gasteiger partial charge on any atom is 0.407 e. The fraction of sp³-hybridized carbons (Fsp3) is 0.700. The van der Waals surface area contributed by atoms with Gasteiger partial charge in [0.1, 0.15) is 0 Å². The highest BCUT2D eigenvalue weighted by Gasteiger charge is 2.27. The van der Waals surface area contributed by atoms with Gasteiger partial charge in [-0.2, -0.15) is 5.10 Å². The Bertz CT molecular complexity index is 1170. The van der Waals surface area contributed by atoms with Gasteiger partial charge in [0, 0.05) is 42.3 Å². The Morgan fingerprint density at radius 2 is 1.73 bits per heavy atom. The molecule has 0 radical (unpaired) electrons. The van der Waals surface area contributed by atoms with E-state index < -0.39 is 0 Å². The van der Waals surface area contributed by atoms with Crippen LogP contribution in [0.4, 0.5) is 10.7 Å². The van der Waals surface area contributed by atoms with Gasteiger partial charge in [-0.05, 0) is 84.5 Å². The first-order chi connectivity index (χ1) is 19.6. The number of alkyl carbamates (subject to hydrolysis) is 1. The molecule has 0 unspecified atom stereocenters. The first-order valence-corrected chi connectivity index (χ1v) is 15.5. The highest BCUT2D eigenvalue weighted by molar-refractivity contribution is 6.33. The van der Waals surface area contributed by atoms with E-state index in [1.165, 1.54) is 18.5 Å². The van der Waals surface area contributed by atoms with Gasteiger partial charge in [-0.15, -0.1) is 0 Å². The van der Waals surface area contributed by atoms with Crippen molar-refractivity contribution in [2.75, 3.05) is 11.9 Å². The van der Waals surface area contributed by atoms with Crippen molar-refractivity contribution in [3.05, 3.63) is 23.1 Å². The Morgan fingerprint density at radius 1 is 1.02 bits per heavy atom. The molecule has 2 aromatic heterocycles. The van der Waals surface area contributed by atoms with Crippen LogP contribution < -0.4 is 16.0 Å². The maximum atomic E-state index is 12.5. The van der Waals surface area contributed by atoms with Crippen LogP contribution in [0.3, 0.4) is 0 Å². The number of hydrogen-bond donors (Lipinski definition) is 3. The molecule has 2 fully saturated rings. The van der Waals surface area contributed by atoms with E-state index >= 15 is 0 Å². The van der Waals surface area contributed by atoms with Gasteiger partial charge in [-0.25, -0.2) is 14.8 Å². The molecule has 2 aliphatic carbocycles. The number of aryl methyl sites for hydroxylation is 1. The molecule has 0 aliphatic heterocycles. The zero-order valence-electron chi connectivity index (χ0n) is 25.0. The second-order valence-corrected chi connectivity index (χ2v) is 13.0. The largest absolute Gasteiger partial charge is 0.450 e. The topological polar surface area (TPSA) is 123 Å². The molecule has 0 saturated heterocycles.